The van der Waals surface area contributed by atoms with Crippen molar-refractivity contribution in [1.82, 2.24) is 0 Å². The van der Waals surface area contributed by atoms with Gasteiger partial charge in [0.15, 0.2) is 0 Å². The van der Waals surface area contributed by atoms with Gasteiger partial charge in [0.1, 0.15) is 22.4 Å². The monoisotopic (exact) mass is 460 g/mol. The standard InChI is InChI=1S/C20H17BrN2O4S/c1-27-20(26)17-14-4-2-3-5-16(14)28-19(17)23-18(25)12(10-22)8-11-9-13(21)6-7-15(11)24/h6-9,24H,2-5H2,1H3,(H,23,25). The zero-order valence-corrected chi connectivity index (χ0v) is 17.4. The molecule has 8 heteroatoms. The van der Waals surface area contributed by atoms with Crippen LogP contribution >= 0.6 is 27.3 Å². The van der Waals surface area contributed by atoms with Crippen molar-refractivity contribution in [2.45, 2.75) is 25.7 Å². The number of carbonyl (C=O) groups is 2. The van der Waals surface area contributed by atoms with Crippen molar-refractivity contribution in [3.05, 3.63) is 49.8 Å². The van der Waals surface area contributed by atoms with Crippen LogP contribution in [0, 0.1) is 11.3 Å². The Morgan fingerprint density at radius 2 is 2.11 bits per heavy atom. The van der Waals surface area contributed by atoms with Crippen LogP contribution in [0.25, 0.3) is 6.08 Å². The largest absolute Gasteiger partial charge is 0.507 e. The van der Waals surface area contributed by atoms with Gasteiger partial charge in [0.2, 0.25) is 0 Å². The molecule has 0 aliphatic heterocycles. The van der Waals surface area contributed by atoms with Crippen molar-refractivity contribution in [3.8, 4) is 11.8 Å². The number of nitrogens with zero attached hydrogens (tertiary/aromatic N) is 1. The lowest BCUT2D eigenvalue weighted by Crippen LogP contribution is -2.16. The number of benzene rings is 1. The molecule has 0 atom stereocenters. The number of nitrogens with one attached hydrogen (secondary N) is 1. The van der Waals surface area contributed by atoms with Gasteiger partial charge in [-0.3, -0.25) is 4.79 Å². The van der Waals surface area contributed by atoms with Gasteiger partial charge in [-0.15, -0.1) is 11.3 Å². The van der Waals surface area contributed by atoms with Crippen LogP contribution in [0.3, 0.4) is 0 Å². The van der Waals surface area contributed by atoms with Crippen molar-refractivity contribution >= 4 is 50.2 Å². The second kappa shape index (κ2) is 8.59. The van der Waals surface area contributed by atoms with E-state index in [1.165, 1.54) is 30.6 Å². The molecule has 0 saturated carbocycles. The molecule has 1 aliphatic rings. The third kappa shape index (κ3) is 4.11. The van der Waals surface area contributed by atoms with Crippen LogP contribution in [0.1, 0.15) is 39.2 Å². The first kappa shape index (κ1) is 20.1. The number of carbonyl (C=O) groups excluding carboxylic acids is 2. The maximum Gasteiger partial charge on any atom is 0.341 e. The minimum atomic E-state index is -0.648. The van der Waals surface area contributed by atoms with E-state index in [1.54, 1.807) is 12.1 Å². The number of aromatic hydroxyl groups is 1. The SMILES string of the molecule is COC(=O)c1c(NC(=O)C(C#N)=Cc2cc(Br)ccc2O)sc2c1CCCC2. The van der Waals surface area contributed by atoms with Crippen LogP contribution in [0.2, 0.25) is 0 Å². The Morgan fingerprint density at radius 1 is 1.36 bits per heavy atom. The van der Waals surface area contributed by atoms with E-state index in [-0.39, 0.29) is 11.3 Å². The highest BCUT2D eigenvalue weighted by atomic mass is 79.9. The first-order valence-electron chi connectivity index (χ1n) is 8.59. The molecule has 1 aliphatic carbocycles. The van der Waals surface area contributed by atoms with Crippen molar-refractivity contribution in [2.75, 3.05) is 12.4 Å². The Bertz CT molecular complexity index is 1020. The second-order valence-electron chi connectivity index (χ2n) is 6.23. The van der Waals surface area contributed by atoms with Gasteiger partial charge in [-0.2, -0.15) is 5.26 Å². The van der Waals surface area contributed by atoms with Gasteiger partial charge < -0.3 is 15.2 Å². The molecule has 28 heavy (non-hydrogen) atoms. The third-order valence-corrected chi connectivity index (χ3v) is 6.14. The number of thiophene rings is 1. The minimum Gasteiger partial charge on any atom is -0.507 e. The second-order valence-corrected chi connectivity index (χ2v) is 8.25. The molecule has 1 aromatic heterocycles. The molecule has 0 unspecified atom stereocenters. The number of methoxy groups -OCH3 is 1. The molecule has 3 rings (SSSR count). The van der Waals surface area contributed by atoms with Crippen LogP contribution in [-0.4, -0.2) is 24.1 Å². The molecule has 2 N–H and O–H groups in total. The Labute approximate surface area is 174 Å². The number of nitriles is 1. The Hall–Kier alpha value is -2.63. The quantitative estimate of drug-likeness (QED) is 0.399. The smallest absolute Gasteiger partial charge is 0.341 e. The third-order valence-electron chi connectivity index (χ3n) is 4.44. The summed E-state index contributed by atoms with van der Waals surface area (Å²) in [6.45, 7) is 0. The molecule has 2 aromatic rings. The van der Waals surface area contributed by atoms with Gasteiger partial charge in [0, 0.05) is 14.9 Å². The summed E-state index contributed by atoms with van der Waals surface area (Å²) >= 11 is 4.64. The zero-order chi connectivity index (χ0) is 20.3. The van der Waals surface area contributed by atoms with Gasteiger partial charge >= 0.3 is 5.97 Å². The number of esters is 1. The van der Waals surface area contributed by atoms with Crippen molar-refractivity contribution in [1.29, 1.82) is 5.26 Å². The first-order valence-corrected chi connectivity index (χ1v) is 10.2. The fourth-order valence-corrected chi connectivity index (χ4v) is 4.74. The Balaban J connectivity index is 1.94. The highest BCUT2D eigenvalue weighted by Crippen LogP contribution is 2.38. The maximum atomic E-state index is 12.7. The Kier molecular flexibility index (Phi) is 6.17. The predicted molar refractivity (Wildman–Crippen MR) is 110 cm³/mol. The van der Waals surface area contributed by atoms with Crippen molar-refractivity contribution in [3.63, 3.8) is 0 Å². The van der Waals surface area contributed by atoms with E-state index in [1.807, 2.05) is 6.07 Å². The molecular formula is C20H17BrN2O4S. The van der Waals surface area contributed by atoms with Gasteiger partial charge in [0.25, 0.3) is 5.91 Å². The maximum absolute atomic E-state index is 12.7. The summed E-state index contributed by atoms with van der Waals surface area (Å²) in [5.41, 5.74) is 1.44. The molecular weight excluding hydrogens is 444 g/mol. The number of fused-ring (bicyclic) bond motifs is 1. The molecule has 0 bridgehead atoms. The molecule has 0 fully saturated rings. The lowest BCUT2D eigenvalue weighted by atomic mass is 9.95. The number of hydrogen-bond donors (Lipinski definition) is 2. The van der Waals surface area contributed by atoms with E-state index < -0.39 is 11.9 Å². The number of amides is 1. The van der Waals surface area contributed by atoms with E-state index in [2.05, 4.69) is 21.2 Å². The van der Waals surface area contributed by atoms with Gasteiger partial charge in [-0.05, 0) is 55.5 Å². The fraction of sp³-hybridized carbons (Fsp3) is 0.250. The topological polar surface area (TPSA) is 99.4 Å². The van der Waals surface area contributed by atoms with E-state index in [0.29, 0.717) is 20.6 Å². The summed E-state index contributed by atoms with van der Waals surface area (Å²) < 4.78 is 5.59. The lowest BCUT2D eigenvalue weighted by Gasteiger charge is -2.11. The average Bonchev–Trinajstić information content (AvgIpc) is 3.05. The molecule has 0 spiro atoms. The number of hydrogen-bond acceptors (Lipinski definition) is 6. The predicted octanol–water partition coefficient (Wildman–Crippen LogP) is 4.43. The van der Waals surface area contributed by atoms with Crippen LogP contribution in [0.15, 0.2) is 28.2 Å². The normalized spacial score (nSPS) is 13.4. The van der Waals surface area contributed by atoms with Crippen molar-refractivity contribution < 1.29 is 19.4 Å². The molecule has 6 nitrogen and oxygen atoms in total. The highest BCUT2D eigenvalue weighted by molar-refractivity contribution is 9.10. The number of aryl methyl sites for hydroxylation is 1. The summed E-state index contributed by atoms with van der Waals surface area (Å²) in [6, 6.07) is 6.57. The molecule has 144 valence electrons. The number of halogens is 1. The summed E-state index contributed by atoms with van der Waals surface area (Å²) in [6.07, 6.45) is 4.94. The fourth-order valence-electron chi connectivity index (χ4n) is 3.09. The average molecular weight is 461 g/mol. The lowest BCUT2D eigenvalue weighted by molar-refractivity contribution is -0.112. The molecule has 1 amide bonds. The van der Waals surface area contributed by atoms with Gasteiger partial charge in [-0.1, -0.05) is 15.9 Å². The summed E-state index contributed by atoms with van der Waals surface area (Å²) in [4.78, 5) is 26.0. The number of rotatable bonds is 4. The number of phenolic OH excluding ortho intramolecular Hbond substituents is 1. The van der Waals surface area contributed by atoms with Gasteiger partial charge in [0.05, 0.1) is 12.7 Å². The molecule has 1 heterocycles. The number of phenols is 1. The molecule has 0 saturated heterocycles. The summed E-state index contributed by atoms with van der Waals surface area (Å²) in [5.74, 6) is -1.20. The van der Waals surface area contributed by atoms with Crippen LogP contribution in [0.4, 0.5) is 5.00 Å². The minimum absolute atomic E-state index is 0.0504. The molecule has 1 aromatic carbocycles. The summed E-state index contributed by atoms with van der Waals surface area (Å²) in [7, 11) is 1.30. The number of ether oxygens (including phenoxy) is 1. The Morgan fingerprint density at radius 3 is 2.82 bits per heavy atom. The van der Waals surface area contributed by atoms with Gasteiger partial charge in [-0.25, -0.2) is 4.79 Å². The van der Waals surface area contributed by atoms with E-state index in [9.17, 15) is 20.0 Å². The van der Waals surface area contributed by atoms with Crippen LogP contribution in [-0.2, 0) is 22.4 Å². The first-order chi connectivity index (χ1) is 13.4. The van der Waals surface area contributed by atoms with Crippen LogP contribution < -0.4 is 5.32 Å². The van der Waals surface area contributed by atoms with Crippen molar-refractivity contribution in [2.24, 2.45) is 0 Å². The number of anilines is 1. The van der Waals surface area contributed by atoms with E-state index in [4.69, 9.17) is 4.74 Å². The van der Waals surface area contributed by atoms with Crippen LogP contribution in [0.5, 0.6) is 5.75 Å². The summed E-state index contributed by atoms with van der Waals surface area (Å²) in [5, 5.41) is 22.4. The highest BCUT2D eigenvalue weighted by Gasteiger charge is 2.27. The van der Waals surface area contributed by atoms with E-state index >= 15 is 0 Å². The molecule has 0 radical (unpaired) electrons. The van der Waals surface area contributed by atoms with E-state index in [0.717, 1.165) is 36.1 Å². The zero-order valence-electron chi connectivity index (χ0n) is 15.0.